The predicted octanol–water partition coefficient (Wildman–Crippen LogP) is 4.47. The quantitative estimate of drug-likeness (QED) is 0.816. The Morgan fingerprint density at radius 1 is 1.14 bits per heavy atom. The van der Waals surface area contributed by atoms with Crippen LogP contribution in [-0.2, 0) is 12.8 Å². The molecule has 4 heteroatoms. The van der Waals surface area contributed by atoms with Crippen LogP contribution in [0.5, 0.6) is 5.75 Å². The number of hydrogen-bond donors (Lipinski definition) is 1. The Morgan fingerprint density at radius 3 is 2.52 bits per heavy atom. The van der Waals surface area contributed by atoms with E-state index in [1.807, 2.05) is 30.3 Å². The largest absolute Gasteiger partial charge is 0.497 e. The minimum atomic E-state index is 0.341. The van der Waals surface area contributed by atoms with Crippen LogP contribution in [0, 0.1) is 5.92 Å². The van der Waals surface area contributed by atoms with Crippen molar-refractivity contribution in [1.29, 1.82) is 0 Å². The Morgan fingerprint density at radius 2 is 1.86 bits per heavy atom. The maximum Gasteiger partial charge on any atom is 0.119 e. The molecule has 1 atom stereocenters. The second-order valence-corrected chi connectivity index (χ2v) is 6.32. The molecule has 0 fully saturated rings. The zero-order chi connectivity index (χ0) is 15.2. The highest BCUT2D eigenvalue weighted by Crippen LogP contribution is 2.27. The SMILES string of the molecule is COc1ccc(Br)c(CC(CN)Cc2ccccc2Cl)c1. The van der Waals surface area contributed by atoms with Crippen LogP contribution in [0.15, 0.2) is 46.9 Å². The van der Waals surface area contributed by atoms with Gasteiger partial charge in [-0.1, -0.05) is 45.7 Å². The van der Waals surface area contributed by atoms with Crippen molar-refractivity contribution in [3.8, 4) is 5.75 Å². The molecule has 0 bridgehead atoms. The number of benzene rings is 2. The molecule has 112 valence electrons. The summed E-state index contributed by atoms with van der Waals surface area (Å²) in [5.74, 6) is 1.20. The fraction of sp³-hybridized carbons (Fsp3) is 0.294. The van der Waals surface area contributed by atoms with Crippen LogP contribution in [-0.4, -0.2) is 13.7 Å². The van der Waals surface area contributed by atoms with Crippen LogP contribution in [0.1, 0.15) is 11.1 Å². The summed E-state index contributed by atoms with van der Waals surface area (Å²) in [5, 5.41) is 0.806. The Labute approximate surface area is 139 Å². The number of hydrogen-bond acceptors (Lipinski definition) is 2. The Hall–Kier alpha value is -1.03. The van der Waals surface area contributed by atoms with E-state index in [9.17, 15) is 0 Å². The summed E-state index contributed by atoms with van der Waals surface area (Å²) in [5.41, 5.74) is 8.30. The molecule has 0 aliphatic heterocycles. The highest BCUT2D eigenvalue weighted by atomic mass is 79.9. The normalized spacial score (nSPS) is 12.2. The molecule has 2 aromatic rings. The van der Waals surface area contributed by atoms with Crippen LogP contribution in [0.2, 0.25) is 5.02 Å². The lowest BCUT2D eigenvalue weighted by Crippen LogP contribution is -2.19. The van der Waals surface area contributed by atoms with E-state index < -0.39 is 0 Å². The zero-order valence-corrected chi connectivity index (χ0v) is 14.3. The summed E-state index contributed by atoms with van der Waals surface area (Å²) in [4.78, 5) is 0. The standard InChI is InChI=1S/C17H19BrClNO/c1-21-15-6-7-16(18)14(10-15)9-12(11-20)8-13-4-2-3-5-17(13)19/h2-7,10,12H,8-9,11,20H2,1H3. The van der Waals surface area contributed by atoms with Crippen LogP contribution in [0.25, 0.3) is 0 Å². The Kier molecular flexibility index (Phi) is 6.09. The highest BCUT2D eigenvalue weighted by Gasteiger charge is 2.13. The maximum absolute atomic E-state index is 6.24. The van der Waals surface area contributed by atoms with Crippen molar-refractivity contribution in [2.75, 3.05) is 13.7 Å². The summed E-state index contributed by atoms with van der Waals surface area (Å²) in [6, 6.07) is 13.9. The molecule has 2 N–H and O–H groups in total. The fourth-order valence-corrected chi connectivity index (χ4v) is 2.98. The molecule has 2 rings (SSSR count). The molecule has 0 aliphatic carbocycles. The summed E-state index contributed by atoms with van der Waals surface area (Å²) >= 11 is 9.83. The summed E-state index contributed by atoms with van der Waals surface area (Å²) < 4.78 is 6.37. The summed E-state index contributed by atoms with van der Waals surface area (Å²) in [6.07, 6.45) is 1.76. The third-order valence-electron chi connectivity index (χ3n) is 3.56. The highest BCUT2D eigenvalue weighted by molar-refractivity contribution is 9.10. The Balaban J connectivity index is 2.14. The van der Waals surface area contributed by atoms with Gasteiger partial charge in [-0.05, 0) is 60.7 Å². The zero-order valence-electron chi connectivity index (χ0n) is 12.0. The number of halogens is 2. The van der Waals surface area contributed by atoms with Gasteiger partial charge < -0.3 is 10.5 Å². The number of nitrogens with two attached hydrogens (primary N) is 1. The first-order valence-electron chi connectivity index (χ1n) is 6.90. The van der Waals surface area contributed by atoms with Crippen molar-refractivity contribution >= 4 is 27.5 Å². The molecule has 0 spiro atoms. The van der Waals surface area contributed by atoms with Gasteiger partial charge in [-0.25, -0.2) is 0 Å². The minimum Gasteiger partial charge on any atom is -0.497 e. The first kappa shape index (κ1) is 16.3. The molecule has 1 unspecified atom stereocenters. The fourth-order valence-electron chi connectivity index (χ4n) is 2.36. The van der Waals surface area contributed by atoms with E-state index in [0.29, 0.717) is 12.5 Å². The Bertz CT molecular complexity index is 603. The molecule has 2 aromatic carbocycles. The third kappa shape index (κ3) is 4.47. The van der Waals surface area contributed by atoms with Crippen molar-refractivity contribution in [3.05, 3.63) is 63.1 Å². The maximum atomic E-state index is 6.24. The molecule has 0 saturated carbocycles. The van der Waals surface area contributed by atoms with Gasteiger partial charge in [0.25, 0.3) is 0 Å². The predicted molar refractivity (Wildman–Crippen MR) is 92.1 cm³/mol. The second-order valence-electron chi connectivity index (χ2n) is 5.06. The molecular weight excluding hydrogens is 350 g/mol. The second kappa shape index (κ2) is 7.83. The first-order valence-corrected chi connectivity index (χ1v) is 8.07. The number of rotatable bonds is 6. The molecule has 2 nitrogen and oxygen atoms in total. The van der Waals surface area contributed by atoms with Gasteiger partial charge in [0.15, 0.2) is 0 Å². The lowest BCUT2D eigenvalue weighted by atomic mass is 9.92. The average Bonchev–Trinajstić information content (AvgIpc) is 2.50. The van der Waals surface area contributed by atoms with Crippen molar-refractivity contribution in [3.63, 3.8) is 0 Å². The van der Waals surface area contributed by atoms with Crippen molar-refractivity contribution in [2.24, 2.45) is 11.7 Å². The molecule has 0 saturated heterocycles. The smallest absolute Gasteiger partial charge is 0.119 e. The number of methoxy groups -OCH3 is 1. The van der Waals surface area contributed by atoms with E-state index in [1.165, 1.54) is 5.56 Å². The van der Waals surface area contributed by atoms with Crippen molar-refractivity contribution in [2.45, 2.75) is 12.8 Å². The van der Waals surface area contributed by atoms with E-state index in [0.717, 1.165) is 33.6 Å². The topological polar surface area (TPSA) is 35.2 Å². The van der Waals surface area contributed by atoms with Crippen LogP contribution < -0.4 is 10.5 Å². The van der Waals surface area contributed by atoms with Gasteiger partial charge in [0, 0.05) is 9.50 Å². The van der Waals surface area contributed by atoms with Crippen molar-refractivity contribution in [1.82, 2.24) is 0 Å². The molecule has 0 aliphatic rings. The van der Waals surface area contributed by atoms with Gasteiger partial charge >= 0.3 is 0 Å². The van der Waals surface area contributed by atoms with Crippen LogP contribution >= 0.6 is 27.5 Å². The lowest BCUT2D eigenvalue weighted by Gasteiger charge is -2.17. The van der Waals surface area contributed by atoms with Gasteiger partial charge in [-0.3, -0.25) is 0 Å². The van der Waals surface area contributed by atoms with Gasteiger partial charge in [0.2, 0.25) is 0 Å². The average molecular weight is 369 g/mol. The summed E-state index contributed by atoms with van der Waals surface area (Å²) in [7, 11) is 1.68. The molecule has 21 heavy (non-hydrogen) atoms. The molecular formula is C17H19BrClNO. The minimum absolute atomic E-state index is 0.341. The van der Waals surface area contributed by atoms with Crippen LogP contribution in [0.4, 0.5) is 0 Å². The molecule has 0 amide bonds. The lowest BCUT2D eigenvalue weighted by molar-refractivity contribution is 0.413. The van der Waals surface area contributed by atoms with E-state index in [-0.39, 0.29) is 0 Å². The van der Waals surface area contributed by atoms with Gasteiger partial charge in [-0.15, -0.1) is 0 Å². The van der Waals surface area contributed by atoms with Gasteiger partial charge in [0.05, 0.1) is 7.11 Å². The molecule has 0 aromatic heterocycles. The van der Waals surface area contributed by atoms with Crippen molar-refractivity contribution < 1.29 is 4.74 Å². The van der Waals surface area contributed by atoms with E-state index in [1.54, 1.807) is 7.11 Å². The van der Waals surface area contributed by atoms with Gasteiger partial charge in [0.1, 0.15) is 5.75 Å². The number of ether oxygens (including phenoxy) is 1. The van der Waals surface area contributed by atoms with Gasteiger partial charge in [-0.2, -0.15) is 0 Å². The third-order valence-corrected chi connectivity index (χ3v) is 4.70. The van der Waals surface area contributed by atoms with Crippen LogP contribution in [0.3, 0.4) is 0 Å². The first-order chi connectivity index (χ1) is 10.1. The molecule has 0 radical (unpaired) electrons. The molecule has 0 heterocycles. The van der Waals surface area contributed by atoms with E-state index in [2.05, 4.69) is 28.1 Å². The van der Waals surface area contributed by atoms with E-state index in [4.69, 9.17) is 22.1 Å². The summed E-state index contributed by atoms with van der Waals surface area (Å²) in [6.45, 7) is 0.620. The van der Waals surface area contributed by atoms with E-state index >= 15 is 0 Å². The monoisotopic (exact) mass is 367 g/mol.